The van der Waals surface area contributed by atoms with E-state index in [4.69, 9.17) is 9.47 Å². The highest BCUT2D eigenvalue weighted by atomic mass is 19.3. The third kappa shape index (κ3) is 3.23. The second kappa shape index (κ2) is 5.92. The predicted octanol–water partition coefficient (Wildman–Crippen LogP) is 0.950. The number of methoxy groups -OCH3 is 2. The summed E-state index contributed by atoms with van der Waals surface area (Å²) in [5, 5.41) is 0. The lowest BCUT2D eigenvalue weighted by atomic mass is 10.3. The van der Waals surface area contributed by atoms with Gasteiger partial charge in [0.15, 0.2) is 12.9 Å². The first kappa shape index (κ1) is 13.1. The highest BCUT2D eigenvalue weighted by Crippen LogP contribution is 2.25. The van der Waals surface area contributed by atoms with E-state index in [2.05, 4.69) is 14.7 Å². The minimum atomic E-state index is -2.65. The van der Waals surface area contributed by atoms with Crippen molar-refractivity contribution in [3.63, 3.8) is 0 Å². The summed E-state index contributed by atoms with van der Waals surface area (Å²) >= 11 is 0. The maximum Gasteiger partial charge on any atom is 0.323 e. The zero-order valence-electron chi connectivity index (χ0n) is 9.15. The van der Waals surface area contributed by atoms with Gasteiger partial charge >= 0.3 is 6.01 Å². The van der Waals surface area contributed by atoms with E-state index in [0.717, 1.165) is 0 Å². The Labute approximate surface area is 95.5 Å². The van der Waals surface area contributed by atoms with Crippen molar-refractivity contribution in [3.8, 4) is 17.8 Å². The molecule has 1 heterocycles. The van der Waals surface area contributed by atoms with Gasteiger partial charge in [-0.05, 0) is 0 Å². The van der Waals surface area contributed by atoms with Crippen molar-refractivity contribution in [1.82, 2.24) is 9.97 Å². The van der Waals surface area contributed by atoms with E-state index in [1.807, 2.05) is 0 Å². The fraction of sp³-hybridized carbons (Fsp3) is 0.444. The van der Waals surface area contributed by atoms with Gasteiger partial charge in [-0.15, -0.1) is 0 Å². The number of carbonyl (C=O) groups is 1. The molecule has 0 spiro atoms. The third-order valence-electron chi connectivity index (χ3n) is 1.70. The summed E-state index contributed by atoms with van der Waals surface area (Å²) in [6.45, 7) is -0.854. The number of alkyl halides is 2. The Balaban J connectivity index is 3.04. The smallest absolute Gasteiger partial charge is 0.323 e. The van der Waals surface area contributed by atoms with Crippen LogP contribution in [0.2, 0.25) is 0 Å². The molecule has 0 fully saturated rings. The lowest BCUT2D eigenvalue weighted by Gasteiger charge is -2.09. The average Bonchev–Trinajstić information content (AvgIpc) is 2.34. The van der Waals surface area contributed by atoms with E-state index in [1.165, 1.54) is 14.2 Å². The van der Waals surface area contributed by atoms with Crippen LogP contribution in [0.15, 0.2) is 0 Å². The molecule has 0 atom stereocenters. The standard InChI is InChI=1S/C9H10F2N2O4/c1-15-7-5(3-14)8(16-2)13-9(12-7)17-4-6(10)11/h3,6H,4H2,1-2H3. The molecule has 0 amide bonds. The van der Waals surface area contributed by atoms with E-state index >= 15 is 0 Å². The summed E-state index contributed by atoms with van der Waals surface area (Å²) < 4.78 is 38.1. The maximum absolute atomic E-state index is 11.9. The van der Waals surface area contributed by atoms with Gasteiger partial charge in [0, 0.05) is 0 Å². The molecule has 0 radical (unpaired) electrons. The Kier molecular flexibility index (Phi) is 4.56. The third-order valence-corrected chi connectivity index (χ3v) is 1.70. The number of ether oxygens (including phenoxy) is 3. The molecular formula is C9H10F2N2O4. The molecule has 0 N–H and O–H groups in total. The highest BCUT2D eigenvalue weighted by Gasteiger charge is 2.17. The van der Waals surface area contributed by atoms with E-state index in [0.29, 0.717) is 6.29 Å². The molecule has 17 heavy (non-hydrogen) atoms. The number of nitrogens with zero attached hydrogens (tertiary/aromatic N) is 2. The molecule has 0 aliphatic heterocycles. The van der Waals surface area contributed by atoms with Crippen molar-refractivity contribution in [2.75, 3.05) is 20.8 Å². The Morgan fingerprint density at radius 3 is 2.12 bits per heavy atom. The number of hydrogen-bond acceptors (Lipinski definition) is 6. The molecule has 0 saturated carbocycles. The number of rotatable bonds is 6. The van der Waals surface area contributed by atoms with Crippen LogP contribution >= 0.6 is 0 Å². The molecule has 0 aliphatic carbocycles. The van der Waals surface area contributed by atoms with Crippen LogP contribution in [0.25, 0.3) is 0 Å². The maximum atomic E-state index is 11.9. The number of halogens is 2. The lowest BCUT2D eigenvalue weighted by molar-refractivity contribution is 0.0760. The average molecular weight is 248 g/mol. The van der Waals surface area contributed by atoms with Crippen molar-refractivity contribution in [1.29, 1.82) is 0 Å². The Morgan fingerprint density at radius 1 is 1.24 bits per heavy atom. The van der Waals surface area contributed by atoms with E-state index < -0.39 is 13.0 Å². The fourth-order valence-electron chi connectivity index (χ4n) is 1.02. The van der Waals surface area contributed by atoms with Crippen LogP contribution in [-0.4, -0.2) is 43.5 Å². The van der Waals surface area contributed by atoms with Gasteiger partial charge in [0.25, 0.3) is 6.43 Å². The summed E-state index contributed by atoms with van der Waals surface area (Å²) in [5.74, 6) is -0.202. The van der Waals surface area contributed by atoms with Crippen molar-refractivity contribution >= 4 is 6.29 Å². The van der Waals surface area contributed by atoms with Gasteiger partial charge < -0.3 is 14.2 Å². The quantitative estimate of drug-likeness (QED) is 0.698. The van der Waals surface area contributed by atoms with Crippen LogP contribution in [0, 0.1) is 0 Å². The summed E-state index contributed by atoms with van der Waals surface area (Å²) in [6.07, 6.45) is -2.21. The Hall–Kier alpha value is -1.99. The number of hydrogen-bond donors (Lipinski definition) is 0. The normalized spacial score (nSPS) is 10.2. The van der Waals surface area contributed by atoms with Gasteiger partial charge in [0.2, 0.25) is 11.8 Å². The summed E-state index contributed by atoms with van der Waals surface area (Å²) in [6, 6.07) is -0.343. The van der Waals surface area contributed by atoms with E-state index in [-0.39, 0.29) is 23.3 Å². The first-order valence-electron chi connectivity index (χ1n) is 4.48. The predicted molar refractivity (Wildman–Crippen MR) is 52.0 cm³/mol. The highest BCUT2D eigenvalue weighted by molar-refractivity contribution is 5.81. The van der Waals surface area contributed by atoms with Gasteiger partial charge in [-0.2, -0.15) is 9.97 Å². The topological polar surface area (TPSA) is 70.5 Å². The van der Waals surface area contributed by atoms with Gasteiger partial charge in [-0.3, -0.25) is 4.79 Å². The van der Waals surface area contributed by atoms with Crippen LogP contribution in [0.1, 0.15) is 10.4 Å². The molecule has 0 bridgehead atoms. The minimum Gasteiger partial charge on any atom is -0.480 e. The monoisotopic (exact) mass is 248 g/mol. The molecule has 1 aromatic heterocycles. The zero-order valence-corrected chi connectivity index (χ0v) is 9.15. The van der Waals surface area contributed by atoms with Crippen LogP contribution in [0.4, 0.5) is 8.78 Å². The SMILES string of the molecule is COc1nc(OCC(F)F)nc(OC)c1C=O. The van der Waals surface area contributed by atoms with Crippen LogP contribution in [0.3, 0.4) is 0 Å². The van der Waals surface area contributed by atoms with Gasteiger partial charge in [-0.25, -0.2) is 8.78 Å². The molecule has 1 aromatic rings. The Bertz CT molecular complexity index is 376. The molecule has 1 rings (SSSR count). The molecule has 0 saturated heterocycles. The largest absolute Gasteiger partial charge is 0.480 e. The zero-order chi connectivity index (χ0) is 12.8. The van der Waals surface area contributed by atoms with E-state index in [9.17, 15) is 13.6 Å². The van der Waals surface area contributed by atoms with Crippen molar-refractivity contribution < 1.29 is 27.8 Å². The molecule has 8 heteroatoms. The minimum absolute atomic E-state index is 0.0144. The second-order valence-corrected chi connectivity index (χ2v) is 2.76. The van der Waals surface area contributed by atoms with E-state index in [1.54, 1.807) is 0 Å². The van der Waals surface area contributed by atoms with Gasteiger partial charge in [-0.1, -0.05) is 0 Å². The lowest BCUT2D eigenvalue weighted by Crippen LogP contribution is -2.11. The number of carbonyl (C=O) groups excluding carboxylic acids is 1. The molecule has 0 aromatic carbocycles. The number of aldehydes is 1. The molecule has 94 valence electrons. The van der Waals surface area contributed by atoms with Crippen molar-refractivity contribution in [3.05, 3.63) is 5.56 Å². The van der Waals surface area contributed by atoms with Gasteiger partial charge in [0.05, 0.1) is 14.2 Å². The summed E-state index contributed by atoms with van der Waals surface area (Å²) in [7, 11) is 2.54. The van der Waals surface area contributed by atoms with Crippen molar-refractivity contribution in [2.45, 2.75) is 6.43 Å². The van der Waals surface area contributed by atoms with Crippen LogP contribution in [0.5, 0.6) is 17.8 Å². The molecule has 0 aliphatic rings. The molecular weight excluding hydrogens is 238 g/mol. The van der Waals surface area contributed by atoms with Crippen LogP contribution in [-0.2, 0) is 0 Å². The second-order valence-electron chi connectivity index (χ2n) is 2.76. The molecule has 0 unspecified atom stereocenters. The van der Waals surface area contributed by atoms with Crippen LogP contribution < -0.4 is 14.2 Å². The Morgan fingerprint density at radius 2 is 1.76 bits per heavy atom. The first-order chi connectivity index (χ1) is 8.12. The molecule has 6 nitrogen and oxygen atoms in total. The van der Waals surface area contributed by atoms with Crippen molar-refractivity contribution in [2.24, 2.45) is 0 Å². The summed E-state index contributed by atoms with van der Waals surface area (Å²) in [5.41, 5.74) is -0.0144. The first-order valence-corrected chi connectivity index (χ1v) is 4.48. The summed E-state index contributed by atoms with van der Waals surface area (Å²) in [4.78, 5) is 18.0. The fourth-order valence-corrected chi connectivity index (χ4v) is 1.02. The number of aromatic nitrogens is 2. The van der Waals surface area contributed by atoms with Gasteiger partial charge in [0.1, 0.15) is 5.56 Å².